The molecule has 0 saturated carbocycles. The predicted octanol–water partition coefficient (Wildman–Crippen LogP) is 2.84. The average molecular weight is 452 g/mol. The minimum Gasteiger partial charge on any atom is -0.475 e. The molecule has 2 aromatic rings. The Morgan fingerprint density at radius 3 is 2.28 bits per heavy atom. The van der Waals surface area contributed by atoms with Crippen LogP contribution < -0.4 is 0 Å². The minimum atomic E-state index is -5.08. The highest BCUT2D eigenvalue weighted by Crippen LogP contribution is 2.40. The summed E-state index contributed by atoms with van der Waals surface area (Å²) in [5, 5.41) is 7.12. The monoisotopic (exact) mass is 452 g/mol. The van der Waals surface area contributed by atoms with E-state index in [2.05, 4.69) is 9.97 Å². The van der Waals surface area contributed by atoms with E-state index in [0.717, 1.165) is 24.8 Å². The molecular weight excluding hydrogens is 429 g/mol. The number of carboxylic acid groups (broad SMARTS) is 1. The van der Waals surface area contributed by atoms with Gasteiger partial charge in [-0.25, -0.2) is 4.79 Å². The van der Waals surface area contributed by atoms with Gasteiger partial charge in [-0.3, -0.25) is 14.6 Å². The van der Waals surface area contributed by atoms with Crippen molar-refractivity contribution in [1.82, 2.24) is 19.8 Å². The van der Waals surface area contributed by atoms with Crippen molar-refractivity contribution in [2.24, 2.45) is 0 Å². The molecule has 2 aliphatic rings. The first-order valence-electron chi connectivity index (χ1n) is 10.0. The maximum Gasteiger partial charge on any atom is 0.490 e. The normalized spacial score (nSPS) is 17.8. The van der Waals surface area contributed by atoms with Crippen LogP contribution in [-0.2, 0) is 16.1 Å². The fourth-order valence-electron chi connectivity index (χ4n) is 4.08. The molecule has 0 unspecified atom stereocenters. The van der Waals surface area contributed by atoms with E-state index in [1.807, 2.05) is 34.1 Å². The van der Waals surface area contributed by atoms with Gasteiger partial charge in [0.05, 0.1) is 0 Å². The number of H-pyrrole nitrogens is 1. The van der Waals surface area contributed by atoms with Gasteiger partial charge in [0.25, 0.3) is 5.91 Å². The molecule has 0 atom stereocenters. The fourth-order valence-corrected chi connectivity index (χ4v) is 4.08. The van der Waals surface area contributed by atoms with Crippen LogP contribution in [0.25, 0.3) is 0 Å². The van der Waals surface area contributed by atoms with Crippen LogP contribution in [-0.4, -0.2) is 67.5 Å². The Labute approximate surface area is 182 Å². The van der Waals surface area contributed by atoms with E-state index < -0.39 is 12.1 Å². The van der Waals surface area contributed by atoms with Crippen LogP contribution in [0.15, 0.2) is 42.9 Å². The summed E-state index contributed by atoms with van der Waals surface area (Å²) in [6, 6.07) is 7.57. The number of hydrogen-bond donors (Lipinski definition) is 2. The molecule has 4 rings (SSSR count). The van der Waals surface area contributed by atoms with Gasteiger partial charge in [-0.05, 0) is 49.1 Å². The lowest BCUT2D eigenvalue weighted by Gasteiger charge is -2.45. The van der Waals surface area contributed by atoms with Crippen molar-refractivity contribution < 1.29 is 32.7 Å². The number of aromatic amines is 1. The van der Waals surface area contributed by atoms with Crippen molar-refractivity contribution in [3.05, 3.63) is 54.1 Å². The van der Waals surface area contributed by atoms with Crippen molar-refractivity contribution in [3.63, 3.8) is 0 Å². The molecule has 11 heteroatoms. The molecule has 4 heterocycles. The molecule has 0 bridgehead atoms. The Kier molecular flexibility index (Phi) is 6.85. The first-order valence-corrected chi connectivity index (χ1v) is 10.0. The highest BCUT2D eigenvalue weighted by atomic mass is 19.4. The van der Waals surface area contributed by atoms with Crippen molar-refractivity contribution in [2.75, 3.05) is 13.1 Å². The Balaban J connectivity index is 0.000000360. The standard InChI is InChI=1S/C19H22N4O2.C2HF3O2/c24-17-3-6-19(23(17)14-15-4-10-20-11-5-15)7-12-22(13-8-19)18(25)16-2-1-9-21-16;3-2(4,5)1(6)7/h1-2,4-5,9-11,21H,3,6-8,12-14H2;(H,6,7). The fraction of sp³-hybridized carbons (Fsp3) is 0.429. The number of nitrogens with zero attached hydrogens (tertiary/aromatic N) is 3. The van der Waals surface area contributed by atoms with Crippen molar-refractivity contribution >= 4 is 17.8 Å². The van der Waals surface area contributed by atoms with E-state index >= 15 is 0 Å². The second-order valence-electron chi connectivity index (χ2n) is 7.74. The number of aliphatic carboxylic acids is 1. The second-order valence-corrected chi connectivity index (χ2v) is 7.74. The molecule has 32 heavy (non-hydrogen) atoms. The molecule has 2 saturated heterocycles. The molecule has 2 fully saturated rings. The van der Waals surface area contributed by atoms with Gasteiger partial charge in [0.2, 0.25) is 5.91 Å². The van der Waals surface area contributed by atoms with E-state index in [1.165, 1.54) is 0 Å². The highest BCUT2D eigenvalue weighted by Gasteiger charge is 2.47. The zero-order valence-corrected chi connectivity index (χ0v) is 17.1. The molecule has 2 amide bonds. The Bertz CT molecular complexity index is 940. The predicted molar refractivity (Wildman–Crippen MR) is 106 cm³/mol. The lowest BCUT2D eigenvalue weighted by Crippen LogP contribution is -2.53. The summed E-state index contributed by atoms with van der Waals surface area (Å²) in [6.45, 7) is 2.02. The number of carbonyl (C=O) groups is 3. The van der Waals surface area contributed by atoms with Crippen molar-refractivity contribution in [1.29, 1.82) is 0 Å². The van der Waals surface area contributed by atoms with E-state index in [-0.39, 0.29) is 17.4 Å². The summed E-state index contributed by atoms with van der Waals surface area (Å²) in [4.78, 5) is 44.8. The molecule has 0 aromatic carbocycles. The zero-order chi connectivity index (χ0) is 23.4. The van der Waals surface area contributed by atoms with Gasteiger partial charge in [-0.2, -0.15) is 13.2 Å². The molecule has 8 nitrogen and oxygen atoms in total. The van der Waals surface area contributed by atoms with E-state index in [9.17, 15) is 22.8 Å². The van der Waals surface area contributed by atoms with E-state index in [1.54, 1.807) is 18.6 Å². The number of hydrogen-bond acceptors (Lipinski definition) is 4. The van der Waals surface area contributed by atoms with Crippen molar-refractivity contribution in [2.45, 2.75) is 43.9 Å². The number of carboxylic acids is 1. The van der Waals surface area contributed by atoms with Crippen LogP contribution in [0.5, 0.6) is 0 Å². The highest BCUT2D eigenvalue weighted by molar-refractivity contribution is 5.92. The number of amides is 2. The first kappa shape index (κ1) is 23.3. The molecule has 0 aliphatic carbocycles. The Hall–Kier alpha value is -3.37. The lowest BCUT2D eigenvalue weighted by atomic mass is 9.84. The number of aromatic nitrogens is 2. The molecular formula is C21H23F3N4O4. The first-order chi connectivity index (χ1) is 15.1. The van der Waals surface area contributed by atoms with E-state index in [4.69, 9.17) is 9.90 Å². The van der Waals surface area contributed by atoms with Gasteiger partial charge in [0.15, 0.2) is 0 Å². The number of pyridine rings is 1. The van der Waals surface area contributed by atoms with Gasteiger partial charge < -0.3 is 19.9 Å². The molecule has 1 spiro atoms. The molecule has 172 valence electrons. The third-order valence-corrected chi connectivity index (χ3v) is 5.82. The Morgan fingerprint density at radius 1 is 1.12 bits per heavy atom. The van der Waals surface area contributed by atoms with E-state index in [0.29, 0.717) is 31.7 Å². The van der Waals surface area contributed by atoms with Crippen LogP contribution in [0.3, 0.4) is 0 Å². The maximum absolute atomic E-state index is 12.5. The number of halogens is 3. The van der Waals surface area contributed by atoms with Crippen LogP contribution in [0.1, 0.15) is 41.7 Å². The van der Waals surface area contributed by atoms with Crippen LogP contribution in [0, 0.1) is 0 Å². The minimum absolute atomic E-state index is 0.0462. The van der Waals surface area contributed by atoms with Gasteiger partial charge in [-0.15, -0.1) is 0 Å². The quantitative estimate of drug-likeness (QED) is 0.745. The summed E-state index contributed by atoms with van der Waals surface area (Å²) in [7, 11) is 0. The van der Waals surface area contributed by atoms with Crippen LogP contribution in [0.2, 0.25) is 0 Å². The molecule has 2 N–H and O–H groups in total. The molecule has 0 radical (unpaired) electrons. The number of piperidine rings is 1. The molecule has 2 aromatic heterocycles. The van der Waals surface area contributed by atoms with Crippen LogP contribution >= 0.6 is 0 Å². The summed E-state index contributed by atoms with van der Waals surface area (Å²) < 4.78 is 31.7. The lowest BCUT2D eigenvalue weighted by molar-refractivity contribution is -0.192. The summed E-state index contributed by atoms with van der Waals surface area (Å²) >= 11 is 0. The number of rotatable bonds is 3. The van der Waals surface area contributed by atoms with Gasteiger partial charge in [0, 0.05) is 50.2 Å². The summed E-state index contributed by atoms with van der Waals surface area (Å²) in [5.41, 5.74) is 1.63. The SMILES string of the molecule is O=C(O)C(F)(F)F.O=C(c1ccc[nH]1)N1CCC2(CCC(=O)N2Cc2ccncc2)CC1. The summed E-state index contributed by atoms with van der Waals surface area (Å²) in [6.07, 6.45) is 3.40. The van der Waals surface area contributed by atoms with Gasteiger partial charge in [0.1, 0.15) is 5.69 Å². The number of likely N-dealkylation sites (tertiary alicyclic amines) is 2. The van der Waals surface area contributed by atoms with Crippen LogP contribution in [0.4, 0.5) is 13.2 Å². The topological polar surface area (TPSA) is 107 Å². The van der Waals surface area contributed by atoms with Gasteiger partial charge in [-0.1, -0.05) is 0 Å². The number of alkyl halides is 3. The average Bonchev–Trinajstić information content (AvgIpc) is 3.40. The third-order valence-electron chi connectivity index (χ3n) is 5.82. The number of carbonyl (C=O) groups excluding carboxylic acids is 2. The third kappa shape index (κ3) is 5.27. The van der Waals surface area contributed by atoms with Crippen molar-refractivity contribution in [3.8, 4) is 0 Å². The van der Waals surface area contributed by atoms with Gasteiger partial charge >= 0.3 is 12.1 Å². The molecule has 2 aliphatic heterocycles. The number of nitrogens with one attached hydrogen (secondary N) is 1. The second kappa shape index (κ2) is 9.41. The maximum atomic E-state index is 12.5. The zero-order valence-electron chi connectivity index (χ0n) is 17.1. The largest absolute Gasteiger partial charge is 0.490 e. The summed E-state index contributed by atoms with van der Waals surface area (Å²) in [5.74, 6) is -2.49. The Morgan fingerprint density at radius 2 is 1.75 bits per heavy atom. The smallest absolute Gasteiger partial charge is 0.475 e.